The molecule has 1 unspecified atom stereocenters. The molecule has 1 aromatic heterocycles. The molecular weight excluding hydrogens is 252 g/mol. The lowest BCUT2D eigenvalue weighted by molar-refractivity contribution is 0.539. The van der Waals surface area contributed by atoms with Crippen molar-refractivity contribution < 1.29 is 0 Å². The van der Waals surface area contributed by atoms with Crippen molar-refractivity contribution in [2.24, 2.45) is 0 Å². The van der Waals surface area contributed by atoms with Crippen molar-refractivity contribution in [2.75, 3.05) is 6.54 Å². The second-order valence-electron chi connectivity index (χ2n) is 3.82. The average Bonchev–Trinajstić information content (AvgIpc) is 2.85. The third kappa shape index (κ3) is 3.28. The molecule has 1 aromatic carbocycles. The third-order valence-electron chi connectivity index (χ3n) is 2.64. The quantitative estimate of drug-likeness (QED) is 0.893. The van der Waals surface area contributed by atoms with E-state index < -0.39 is 0 Å². The SMILES string of the molecule is CCNC(Cc1ccccc1Cl)c1cscn1. The van der Waals surface area contributed by atoms with Gasteiger partial charge >= 0.3 is 0 Å². The molecule has 2 rings (SSSR count). The lowest BCUT2D eigenvalue weighted by Crippen LogP contribution is -2.23. The van der Waals surface area contributed by atoms with E-state index in [1.807, 2.05) is 23.7 Å². The van der Waals surface area contributed by atoms with Crippen LogP contribution in [0.15, 0.2) is 35.2 Å². The van der Waals surface area contributed by atoms with Crippen LogP contribution in [0.25, 0.3) is 0 Å². The van der Waals surface area contributed by atoms with Crippen molar-refractivity contribution in [3.63, 3.8) is 0 Å². The fourth-order valence-corrected chi connectivity index (χ4v) is 2.63. The van der Waals surface area contributed by atoms with Crippen LogP contribution in [0.1, 0.15) is 24.2 Å². The van der Waals surface area contributed by atoms with Crippen LogP contribution >= 0.6 is 22.9 Å². The first-order valence-corrected chi connectivity index (χ1v) is 6.98. The Morgan fingerprint density at radius 1 is 1.41 bits per heavy atom. The van der Waals surface area contributed by atoms with E-state index in [0.29, 0.717) is 0 Å². The molecule has 0 spiro atoms. The molecular formula is C13H15ClN2S. The Morgan fingerprint density at radius 3 is 2.88 bits per heavy atom. The first-order valence-electron chi connectivity index (χ1n) is 5.66. The fourth-order valence-electron chi connectivity index (χ4n) is 1.81. The summed E-state index contributed by atoms with van der Waals surface area (Å²) in [4.78, 5) is 4.37. The van der Waals surface area contributed by atoms with E-state index in [1.54, 1.807) is 11.3 Å². The number of nitrogens with one attached hydrogen (secondary N) is 1. The largest absolute Gasteiger partial charge is 0.309 e. The van der Waals surface area contributed by atoms with Crippen LogP contribution in [0.4, 0.5) is 0 Å². The Kier molecular flexibility index (Phi) is 4.54. The van der Waals surface area contributed by atoms with E-state index >= 15 is 0 Å². The minimum atomic E-state index is 0.242. The zero-order valence-electron chi connectivity index (χ0n) is 9.69. The summed E-state index contributed by atoms with van der Waals surface area (Å²) in [7, 11) is 0. The van der Waals surface area contributed by atoms with Crippen LogP contribution in [-0.4, -0.2) is 11.5 Å². The van der Waals surface area contributed by atoms with Crippen LogP contribution in [0.2, 0.25) is 5.02 Å². The van der Waals surface area contributed by atoms with Crippen LogP contribution in [0, 0.1) is 0 Å². The highest BCUT2D eigenvalue weighted by molar-refractivity contribution is 7.07. The minimum Gasteiger partial charge on any atom is -0.309 e. The van der Waals surface area contributed by atoms with Crippen molar-refractivity contribution in [3.8, 4) is 0 Å². The molecule has 0 bridgehead atoms. The Labute approximate surface area is 111 Å². The summed E-state index contributed by atoms with van der Waals surface area (Å²) in [6.07, 6.45) is 0.872. The summed E-state index contributed by atoms with van der Waals surface area (Å²) in [5.74, 6) is 0. The first-order chi connectivity index (χ1) is 8.31. The normalized spacial score (nSPS) is 12.6. The highest BCUT2D eigenvalue weighted by Crippen LogP contribution is 2.23. The number of benzene rings is 1. The van der Waals surface area contributed by atoms with Gasteiger partial charge in [-0.2, -0.15) is 0 Å². The predicted octanol–water partition coefficient (Wildman–Crippen LogP) is 3.69. The Bertz CT molecular complexity index is 456. The van der Waals surface area contributed by atoms with Crippen molar-refractivity contribution in [3.05, 3.63) is 51.4 Å². The molecule has 0 amide bonds. The molecule has 2 aromatic rings. The zero-order valence-corrected chi connectivity index (χ0v) is 11.3. The number of nitrogens with zero attached hydrogens (tertiary/aromatic N) is 1. The van der Waals surface area contributed by atoms with Gasteiger partial charge in [0.25, 0.3) is 0 Å². The number of hydrogen-bond acceptors (Lipinski definition) is 3. The Balaban J connectivity index is 2.16. The van der Waals surface area contributed by atoms with Crippen LogP contribution in [0.5, 0.6) is 0 Å². The summed E-state index contributed by atoms with van der Waals surface area (Å²) >= 11 is 7.81. The molecule has 90 valence electrons. The van der Waals surface area contributed by atoms with Gasteiger partial charge in [-0.05, 0) is 24.6 Å². The Morgan fingerprint density at radius 2 is 2.24 bits per heavy atom. The zero-order chi connectivity index (χ0) is 12.1. The molecule has 1 N–H and O–H groups in total. The average molecular weight is 267 g/mol. The van der Waals surface area contributed by atoms with E-state index in [4.69, 9.17) is 11.6 Å². The lowest BCUT2D eigenvalue weighted by atomic mass is 10.0. The monoisotopic (exact) mass is 266 g/mol. The smallest absolute Gasteiger partial charge is 0.0795 e. The van der Waals surface area contributed by atoms with E-state index in [0.717, 1.165) is 29.2 Å². The van der Waals surface area contributed by atoms with Gasteiger partial charge in [0.1, 0.15) is 0 Å². The number of likely N-dealkylation sites (N-methyl/N-ethyl adjacent to an activating group) is 1. The molecule has 2 nitrogen and oxygen atoms in total. The molecule has 0 radical (unpaired) electrons. The van der Waals surface area contributed by atoms with Crippen molar-refractivity contribution >= 4 is 22.9 Å². The maximum Gasteiger partial charge on any atom is 0.0795 e. The van der Waals surface area contributed by atoms with Gasteiger partial charge in [0, 0.05) is 10.4 Å². The van der Waals surface area contributed by atoms with Crippen LogP contribution in [-0.2, 0) is 6.42 Å². The van der Waals surface area contributed by atoms with E-state index in [-0.39, 0.29) is 6.04 Å². The van der Waals surface area contributed by atoms with Crippen LogP contribution < -0.4 is 5.32 Å². The van der Waals surface area contributed by atoms with Crippen LogP contribution in [0.3, 0.4) is 0 Å². The number of thiazole rings is 1. The van der Waals surface area contributed by atoms with Gasteiger partial charge in [0.15, 0.2) is 0 Å². The molecule has 1 atom stereocenters. The first kappa shape index (κ1) is 12.6. The summed E-state index contributed by atoms with van der Waals surface area (Å²) in [5, 5.41) is 6.36. The molecule has 0 aliphatic heterocycles. The molecule has 0 aliphatic carbocycles. The highest BCUT2D eigenvalue weighted by Gasteiger charge is 2.14. The molecule has 0 saturated carbocycles. The topological polar surface area (TPSA) is 24.9 Å². The number of hydrogen-bond donors (Lipinski definition) is 1. The number of rotatable bonds is 5. The summed E-state index contributed by atoms with van der Waals surface area (Å²) < 4.78 is 0. The standard InChI is InChI=1S/C13H15ClN2S/c1-2-15-12(13-8-17-9-16-13)7-10-5-3-4-6-11(10)14/h3-6,8-9,12,15H,2,7H2,1H3. The summed E-state index contributed by atoms with van der Waals surface area (Å²) in [5.41, 5.74) is 4.12. The van der Waals surface area contributed by atoms with Gasteiger partial charge < -0.3 is 5.32 Å². The number of aromatic nitrogens is 1. The molecule has 0 aliphatic rings. The third-order valence-corrected chi connectivity index (χ3v) is 3.61. The van der Waals surface area contributed by atoms with Gasteiger partial charge in [0.2, 0.25) is 0 Å². The minimum absolute atomic E-state index is 0.242. The van der Waals surface area contributed by atoms with Crippen molar-refractivity contribution in [1.29, 1.82) is 0 Å². The van der Waals surface area contributed by atoms with Gasteiger partial charge in [-0.3, -0.25) is 0 Å². The molecule has 0 fully saturated rings. The van der Waals surface area contributed by atoms with Crippen molar-refractivity contribution in [2.45, 2.75) is 19.4 Å². The van der Waals surface area contributed by atoms with Gasteiger partial charge in [-0.1, -0.05) is 36.7 Å². The van der Waals surface area contributed by atoms with Gasteiger partial charge in [-0.25, -0.2) is 4.98 Å². The molecule has 4 heteroatoms. The van der Waals surface area contributed by atoms with Crippen molar-refractivity contribution in [1.82, 2.24) is 10.3 Å². The van der Waals surface area contributed by atoms with Gasteiger partial charge in [0.05, 0.1) is 17.2 Å². The molecule has 1 heterocycles. The maximum atomic E-state index is 6.18. The maximum absolute atomic E-state index is 6.18. The molecule has 0 saturated heterocycles. The summed E-state index contributed by atoms with van der Waals surface area (Å²) in [6.45, 7) is 3.03. The van der Waals surface area contributed by atoms with E-state index in [1.165, 1.54) is 0 Å². The second kappa shape index (κ2) is 6.15. The number of halogens is 1. The van der Waals surface area contributed by atoms with E-state index in [2.05, 4.69) is 28.7 Å². The second-order valence-corrected chi connectivity index (χ2v) is 4.94. The highest BCUT2D eigenvalue weighted by atomic mass is 35.5. The fraction of sp³-hybridized carbons (Fsp3) is 0.308. The lowest BCUT2D eigenvalue weighted by Gasteiger charge is -2.16. The van der Waals surface area contributed by atoms with E-state index in [9.17, 15) is 0 Å². The Hall–Kier alpha value is -0.900. The predicted molar refractivity (Wildman–Crippen MR) is 73.7 cm³/mol. The summed E-state index contributed by atoms with van der Waals surface area (Å²) in [6, 6.07) is 8.22. The molecule has 17 heavy (non-hydrogen) atoms. The van der Waals surface area contributed by atoms with Gasteiger partial charge in [-0.15, -0.1) is 11.3 Å².